The van der Waals surface area contributed by atoms with Gasteiger partial charge in [-0.3, -0.25) is 14.9 Å². The Morgan fingerprint density at radius 2 is 1.97 bits per heavy atom. The number of anilines is 1. The molecule has 1 aliphatic heterocycles. The second kappa shape index (κ2) is 7.16. The van der Waals surface area contributed by atoms with Gasteiger partial charge in [0, 0.05) is 35.4 Å². The highest BCUT2D eigenvalue weighted by Gasteiger charge is 2.37. The Kier molecular flexibility index (Phi) is 4.43. The quantitative estimate of drug-likeness (QED) is 0.499. The summed E-state index contributed by atoms with van der Waals surface area (Å²) in [7, 11) is 0. The molecular formula is C23H21N5O3. The minimum atomic E-state index is -0.549. The predicted molar refractivity (Wildman–Crippen MR) is 116 cm³/mol. The third-order valence-electron chi connectivity index (χ3n) is 6.03. The van der Waals surface area contributed by atoms with Gasteiger partial charge in [-0.05, 0) is 49.4 Å². The van der Waals surface area contributed by atoms with E-state index in [9.17, 15) is 14.9 Å². The minimum Gasteiger partial charge on any atom is -0.328 e. The van der Waals surface area contributed by atoms with Crippen molar-refractivity contribution in [1.82, 2.24) is 14.8 Å². The lowest BCUT2D eigenvalue weighted by molar-refractivity contribution is -0.384. The van der Waals surface area contributed by atoms with Crippen LogP contribution < -0.4 is 5.32 Å². The second-order valence-corrected chi connectivity index (χ2v) is 8.05. The fourth-order valence-corrected chi connectivity index (χ4v) is 4.28. The first-order chi connectivity index (χ1) is 14.9. The molecule has 8 heteroatoms. The monoisotopic (exact) mass is 415 g/mol. The molecule has 0 saturated carbocycles. The van der Waals surface area contributed by atoms with Gasteiger partial charge < -0.3 is 5.32 Å². The number of hydrogen-bond acceptors (Lipinski definition) is 6. The highest BCUT2D eigenvalue weighted by atomic mass is 16.6. The van der Waals surface area contributed by atoms with Gasteiger partial charge in [0.2, 0.25) is 5.95 Å². The number of carbonyl (C=O) groups excluding carboxylic acids is 1. The Morgan fingerprint density at radius 3 is 2.74 bits per heavy atom. The van der Waals surface area contributed by atoms with E-state index >= 15 is 0 Å². The number of carbonyl (C=O) groups is 1. The van der Waals surface area contributed by atoms with Crippen molar-refractivity contribution in [2.75, 3.05) is 5.32 Å². The molecule has 8 nitrogen and oxygen atoms in total. The summed E-state index contributed by atoms with van der Waals surface area (Å²) in [5, 5.41) is 19.4. The molecule has 0 radical (unpaired) electrons. The maximum Gasteiger partial charge on any atom is 0.269 e. The van der Waals surface area contributed by atoms with Gasteiger partial charge in [0.1, 0.15) is 6.04 Å². The number of nitro benzene ring substituents is 1. The van der Waals surface area contributed by atoms with Crippen LogP contribution in [0.5, 0.6) is 0 Å². The molecule has 3 aromatic rings. The van der Waals surface area contributed by atoms with Crippen molar-refractivity contribution in [1.29, 1.82) is 0 Å². The normalized spacial score (nSPS) is 17.7. The molecule has 2 aromatic carbocycles. The Hall–Kier alpha value is -3.81. The van der Waals surface area contributed by atoms with E-state index in [4.69, 9.17) is 10.1 Å². The van der Waals surface area contributed by atoms with Crippen molar-refractivity contribution in [2.45, 2.75) is 39.2 Å². The first-order valence-electron chi connectivity index (χ1n) is 10.2. The predicted octanol–water partition coefficient (Wildman–Crippen LogP) is 4.49. The number of allylic oxidation sites excluding steroid dienone is 2. The second-order valence-electron chi connectivity index (χ2n) is 8.05. The highest BCUT2D eigenvalue weighted by molar-refractivity contribution is 5.99. The number of rotatable bonds is 3. The lowest BCUT2D eigenvalue weighted by atomic mass is 9.85. The Labute approximate surface area is 178 Å². The van der Waals surface area contributed by atoms with Crippen LogP contribution in [0.25, 0.3) is 11.4 Å². The van der Waals surface area contributed by atoms with Gasteiger partial charge in [0.25, 0.3) is 5.69 Å². The summed E-state index contributed by atoms with van der Waals surface area (Å²) in [4.78, 5) is 28.5. The number of Topliss-reactive ketones (excluding diaryl/α,β-unsaturated/α-hetero) is 1. The van der Waals surface area contributed by atoms with Gasteiger partial charge in [-0.15, -0.1) is 5.10 Å². The molecule has 0 fully saturated rings. The third kappa shape index (κ3) is 3.20. The zero-order valence-corrected chi connectivity index (χ0v) is 17.3. The van der Waals surface area contributed by atoms with E-state index in [2.05, 4.69) is 5.32 Å². The molecule has 2 heterocycles. The molecule has 0 amide bonds. The van der Waals surface area contributed by atoms with Crippen molar-refractivity contribution >= 4 is 17.4 Å². The van der Waals surface area contributed by atoms with Crippen LogP contribution in [0.4, 0.5) is 11.6 Å². The van der Waals surface area contributed by atoms with Crippen LogP contribution in [0, 0.1) is 24.0 Å². The average Bonchev–Trinajstić information content (AvgIpc) is 3.18. The first kappa shape index (κ1) is 19.2. The molecule has 1 aliphatic carbocycles. The standard InChI is InChI=1S/C23H21N5O3/c1-13-9-10-16(11-14(13)2)22-25-23-24-18-7-4-8-19(29)20(18)21(27(23)26-22)15-5-3-6-17(12-15)28(30)31/h3,5-6,9-12,21H,4,7-8H2,1-2H3,(H,24,25,26). The van der Waals surface area contributed by atoms with Crippen LogP contribution >= 0.6 is 0 Å². The van der Waals surface area contributed by atoms with Crippen molar-refractivity contribution in [3.05, 3.63) is 80.5 Å². The molecule has 31 heavy (non-hydrogen) atoms. The van der Waals surface area contributed by atoms with Gasteiger partial charge in [0.15, 0.2) is 11.6 Å². The summed E-state index contributed by atoms with van der Waals surface area (Å²) in [6, 6.07) is 11.9. The Morgan fingerprint density at radius 1 is 1.13 bits per heavy atom. The van der Waals surface area contributed by atoms with Crippen LogP contribution in [-0.4, -0.2) is 25.5 Å². The number of nitrogens with one attached hydrogen (secondary N) is 1. The number of nitro groups is 1. The SMILES string of the molecule is Cc1ccc(-c2nc3n(n2)C(c2cccc([N+](=O)[O-])c2)C2=C(CCCC2=O)N3)cc1C. The molecule has 0 bridgehead atoms. The van der Waals surface area contributed by atoms with Gasteiger partial charge in [-0.2, -0.15) is 4.98 Å². The Balaban J connectivity index is 1.68. The Bertz CT molecular complexity index is 1270. The summed E-state index contributed by atoms with van der Waals surface area (Å²) < 4.78 is 1.69. The smallest absolute Gasteiger partial charge is 0.269 e. The number of aryl methyl sites for hydroxylation is 2. The number of non-ortho nitro benzene ring substituents is 1. The lowest BCUT2D eigenvalue weighted by Gasteiger charge is -2.32. The van der Waals surface area contributed by atoms with Crippen LogP contribution in [-0.2, 0) is 4.79 Å². The van der Waals surface area contributed by atoms with Gasteiger partial charge in [-0.25, -0.2) is 4.68 Å². The molecule has 2 aliphatic rings. The minimum absolute atomic E-state index is 0.0162. The summed E-state index contributed by atoms with van der Waals surface area (Å²) in [5.41, 5.74) is 5.29. The number of ketones is 1. The van der Waals surface area contributed by atoms with Crippen LogP contribution in [0.2, 0.25) is 0 Å². The highest BCUT2D eigenvalue weighted by Crippen LogP contribution is 2.41. The van der Waals surface area contributed by atoms with E-state index in [1.165, 1.54) is 17.7 Å². The molecule has 1 aromatic heterocycles. The van der Waals surface area contributed by atoms with Crippen molar-refractivity contribution < 1.29 is 9.72 Å². The van der Waals surface area contributed by atoms with E-state index < -0.39 is 11.0 Å². The maximum absolute atomic E-state index is 12.9. The number of aromatic nitrogens is 3. The van der Waals surface area contributed by atoms with Gasteiger partial charge in [0.05, 0.1) is 4.92 Å². The maximum atomic E-state index is 12.9. The van der Waals surface area contributed by atoms with E-state index in [-0.39, 0.29) is 11.5 Å². The van der Waals surface area contributed by atoms with E-state index in [1.54, 1.807) is 16.8 Å². The molecule has 5 rings (SSSR count). The average molecular weight is 415 g/mol. The first-order valence-corrected chi connectivity index (χ1v) is 10.2. The molecular weight excluding hydrogens is 394 g/mol. The van der Waals surface area contributed by atoms with Crippen molar-refractivity contribution in [3.63, 3.8) is 0 Å². The van der Waals surface area contributed by atoms with Gasteiger partial charge >= 0.3 is 0 Å². The fourth-order valence-electron chi connectivity index (χ4n) is 4.28. The molecule has 0 saturated heterocycles. The van der Waals surface area contributed by atoms with Crippen molar-refractivity contribution in [3.8, 4) is 11.4 Å². The number of fused-ring (bicyclic) bond motifs is 1. The topological polar surface area (TPSA) is 103 Å². The van der Waals surface area contributed by atoms with Crippen molar-refractivity contribution in [2.24, 2.45) is 0 Å². The van der Waals surface area contributed by atoms with Crippen LogP contribution in [0.1, 0.15) is 42.0 Å². The molecule has 0 spiro atoms. The zero-order valence-electron chi connectivity index (χ0n) is 17.3. The van der Waals surface area contributed by atoms with Gasteiger partial charge in [-0.1, -0.05) is 24.3 Å². The zero-order chi connectivity index (χ0) is 21.7. The van der Waals surface area contributed by atoms with Crippen LogP contribution in [0.15, 0.2) is 53.7 Å². The fraction of sp³-hybridized carbons (Fsp3) is 0.261. The number of nitrogens with zero attached hydrogens (tertiary/aromatic N) is 4. The van der Waals surface area contributed by atoms with E-state index in [1.807, 2.05) is 32.0 Å². The summed E-state index contributed by atoms with van der Waals surface area (Å²) in [5.74, 6) is 1.13. The molecule has 1 unspecified atom stereocenters. The largest absolute Gasteiger partial charge is 0.328 e. The van der Waals surface area contributed by atoms with E-state index in [0.29, 0.717) is 29.3 Å². The number of hydrogen-bond donors (Lipinski definition) is 1. The summed E-state index contributed by atoms with van der Waals surface area (Å²) >= 11 is 0. The van der Waals surface area contributed by atoms with E-state index in [0.717, 1.165) is 29.7 Å². The molecule has 1 atom stereocenters. The summed E-state index contributed by atoms with van der Waals surface area (Å²) in [6.07, 6.45) is 1.96. The summed E-state index contributed by atoms with van der Waals surface area (Å²) in [6.45, 7) is 4.09. The third-order valence-corrected chi connectivity index (χ3v) is 6.03. The lowest BCUT2D eigenvalue weighted by Crippen LogP contribution is -2.31. The number of benzene rings is 2. The van der Waals surface area contributed by atoms with Crippen LogP contribution in [0.3, 0.4) is 0 Å². The molecule has 1 N–H and O–H groups in total. The molecule has 156 valence electrons.